The van der Waals surface area contributed by atoms with E-state index in [4.69, 9.17) is 4.74 Å². The summed E-state index contributed by atoms with van der Waals surface area (Å²) < 4.78 is 5.52. The van der Waals surface area contributed by atoms with E-state index in [9.17, 15) is 4.79 Å². The minimum atomic E-state index is 0.0920. The average molecular weight is 248 g/mol. The van der Waals surface area contributed by atoms with Crippen molar-refractivity contribution in [3.63, 3.8) is 0 Å². The van der Waals surface area contributed by atoms with Gasteiger partial charge < -0.3 is 15.0 Å². The molecule has 0 bridgehead atoms. The van der Waals surface area contributed by atoms with Crippen molar-refractivity contribution in [2.45, 2.75) is 18.9 Å². The molecule has 1 atom stereocenters. The molecule has 4 nitrogen and oxygen atoms in total. The van der Waals surface area contributed by atoms with Crippen molar-refractivity contribution in [2.75, 3.05) is 32.1 Å². The quantitative estimate of drug-likeness (QED) is 0.863. The van der Waals surface area contributed by atoms with Crippen LogP contribution in [-0.2, 0) is 9.53 Å². The van der Waals surface area contributed by atoms with E-state index >= 15 is 0 Å². The van der Waals surface area contributed by atoms with Gasteiger partial charge in [-0.2, -0.15) is 0 Å². The number of likely N-dealkylation sites (N-methyl/N-ethyl adjacent to an activating group) is 1. The lowest BCUT2D eigenvalue weighted by Crippen LogP contribution is -2.37. The Hall–Kier alpha value is -1.55. The molecular weight excluding hydrogens is 228 g/mol. The molecule has 18 heavy (non-hydrogen) atoms. The molecule has 1 unspecified atom stereocenters. The summed E-state index contributed by atoms with van der Waals surface area (Å²) in [5.74, 6) is 0.0920. The van der Waals surface area contributed by atoms with Crippen molar-refractivity contribution < 1.29 is 9.53 Å². The minimum Gasteiger partial charge on any atom is -0.376 e. The lowest BCUT2D eigenvalue weighted by atomic mass is 10.2. The number of carbonyl (C=O) groups excluding carboxylic acids is 1. The van der Waals surface area contributed by atoms with Crippen molar-refractivity contribution in [1.82, 2.24) is 4.90 Å². The number of benzene rings is 1. The molecule has 1 aliphatic rings. The van der Waals surface area contributed by atoms with Crippen molar-refractivity contribution in [3.8, 4) is 0 Å². The molecule has 0 radical (unpaired) electrons. The van der Waals surface area contributed by atoms with Gasteiger partial charge in [0, 0.05) is 25.9 Å². The second kappa shape index (κ2) is 6.40. The number of nitrogens with one attached hydrogen (secondary N) is 1. The topological polar surface area (TPSA) is 41.6 Å². The predicted molar refractivity (Wildman–Crippen MR) is 71.5 cm³/mol. The first-order valence-corrected chi connectivity index (χ1v) is 6.40. The van der Waals surface area contributed by atoms with Crippen LogP contribution >= 0.6 is 0 Å². The molecule has 4 heteroatoms. The number of nitrogens with zero attached hydrogens (tertiary/aromatic N) is 1. The monoisotopic (exact) mass is 248 g/mol. The van der Waals surface area contributed by atoms with Crippen LogP contribution in [-0.4, -0.2) is 43.7 Å². The van der Waals surface area contributed by atoms with Gasteiger partial charge in [-0.15, -0.1) is 0 Å². The zero-order valence-corrected chi connectivity index (χ0v) is 10.8. The van der Waals surface area contributed by atoms with Gasteiger partial charge in [0.2, 0.25) is 5.91 Å². The third-order valence-corrected chi connectivity index (χ3v) is 3.14. The summed E-state index contributed by atoms with van der Waals surface area (Å²) in [6, 6.07) is 9.75. The molecule has 0 saturated carbocycles. The molecular formula is C14H20N2O2. The first kappa shape index (κ1) is 12.9. The highest BCUT2D eigenvalue weighted by molar-refractivity contribution is 5.80. The van der Waals surface area contributed by atoms with Crippen molar-refractivity contribution >= 4 is 11.6 Å². The van der Waals surface area contributed by atoms with Crippen LogP contribution in [0.4, 0.5) is 5.69 Å². The molecule has 1 saturated heterocycles. The first-order valence-electron chi connectivity index (χ1n) is 6.40. The highest BCUT2D eigenvalue weighted by atomic mass is 16.5. The molecule has 2 rings (SSSR count). The number of ether oxygens (including phenoxy) is 1. The first-order chi connectivity index (χ1) is 8.75. The Morgan fingerprint density at radius 2 is 2.22 bits per heavy atom. The standard InChI is InChI=1S/C14H20N2O2/c1-16(11-13-8-5-9-18-13)14(17)10-15-12-6-3-2-4-7-12/h2-4,6-7,13,15H,5,8-11H2,1H3. The molecule has 1 fully saturated rings. The Balaban J connectivity index is 1.73. The Kier molecular flexibility index (Phi) is 4.59. The van der Waals surface area contributed by atoms with Crippen LogP contribution in [0.5, 0.6) is 0 Å². The van der Waals surface area contributed by atoms with Gasteiger partial charge in [-0.05, 0) is 25.0 Å². The second-order valence-electron chi connectivity index (χ2n) is 4.63. The van der Waals surface area contributed by atoms with E-state index in [2.05, 4.69) is 5.32 Å². The Labute approximate surface area is 108 Å². The van der Waals surface area contributed by atoms with E-state index in [0.717, 1.165) is 25.1 Å². The molecule has 1 amide bonds. The summed E-state index contributed by atoms with van der Waals surface area (Å²) in [6.07, 6.45) is 2.38. The van der Waals surface area contributed by atoms with Crippen molar-refractivity contribution in [2.24, 2.45) is 0 Å². The number of anilines is 1. The maximum absolute atomic E-state index is 11.9. The SMILES string of the molecule is CN(CC1CCCO1)C(=O)CNc1ccccc1. The molecule has 98 valence electrons. The summed E-state index contributed by atoms with van der Waals surface area (Å²) in [5.41, 5.74) is 0.969. The van der Waals surface area contributed by atoms with Crippen LogP contribution in [0, 0.1) is 0 Å². The van der Waals surface area contributed by atoms with Gasteiger partial charge in [0.15, 0.2) is 0 Å². The van der Waals surface area contributed by atoms with Crippen molar-refractivity contribution in [3.05, 3.63) is 30.3 Å². The highest BCUT2D eigenvalue weighted by Crippen LogP contribution is 2.12. The fourth-order valence-corrected chi connectivity index (χ4v) is 2.06. The fourth-order valence-electron chi connectivity index (χ4n) is 2.06. The van der Waals surface area contributed by atoms with E-state index in [-0.39, 0.29) is 12.0 Å². The number of hydrogen-bond donors (Lipinski definition) is 1. The van der Waals surface area contributed by atoms with E-state index < -0.39 is 0 Å². The Bertz CT molecular complexity index is 375. The smallest absolute Gasteiger partial charge is 0.241 e. The number of amides is 1. The third-order valence-electron chi connectivity index (χ3n) is 3.14. The zero-order chi connectivity index (χ0) is 12.8. The number of hydrogen-bond acceptors (Lipinski definition) is 3. The zero-order valence-electron chi connectivity index (χ0n) is 10.8. The van der Waals surface area contributed by atoms with Gasteiger partial charge in [-0.25, -0.2) is 0 Å². The van der Waals surface area contributed by atoms with E-state index in [1.54, 1.807) is 4.90 Å². The Morgan fingerprint density at radius 3 is 2.89 bits per heavy atom. The maximum atomic E-state index is 11.9. The summed E-state index contributed by atoms with van der Waals surface area (Å²) in [6.45, 7) is 1.84. The van der Waals surface area contributed by atoms with Crippen LogP contribution in [0.1, 0.15) is 12.8 Å². The van der Waals surface area contributed by atoms with Gasteiger partial charge in [0.25, 0.3) is 0 Å². The molecule has 1 heterocycles. The molecule has 0 aliphatic carbocycles. The Morgan fingerprint density at radius 1 is 1.44 bits per heavy atom. The average Bonchev–Trinajstić information content (AvgIpc) is 2.90. The summed E-state index contributed by atoms with van der Waals surface area (Å²) in [7, 11) is 1.83. The summed E-state index contributed by atoms with van der Waals surface area (Å²) in [4.78, 5) is 13.7. The third kappa shape index (κ3) is 3.74. The van der Waals surface area contributed by atoms with E-state index in [0.29, 0.717) is 13.1 Å². The van der Waals surface area contributed by atoms with Crippen LogP contribution < -0.4 is 5.32 Å². The lowest BCUT2D eigenvalue weighted by Gasteiger charge is -2.21. The van der Waals surface area contributed by atoms with E-state index in [1.165, 1.54) is 0 Å². The fraction of sp³-hybridized carbons (Fsp3) is 0.500. The number of rotatable bonds is 5. The molecule has 1 aliphatic heterocycles. The number of carbonyl (C=O) groups is 1. The molecule has 1 N–H and O–H groups in total. The van der Waals surface area contributed by atoms with Gasteiger partial charge >= 0.3 is 0 Å². The number of para-hydroxylation sites is 1. The molecule has 1 aromatic carbocycles. The predicted octanol–water partition coefficient (Wildman–Crippen LogP) is 1.74. The van der Waals surface area contributed by atoms with E-state index in [1.807, 2.05) is 37.4 Å². The van der Waals surface area contributed by atoms with Gasteiger partial charge in [0.1, 0.15) is 0 Å². The minimum absolute atomic E-state index is 0.0920. The molecule has 1 aromatic rings. The van der Waals surface area contributed by atoms with Gasteiger partial charge in [0.05, 0.1) is 12.6 Å². The maximum Gasteiger partial charge on any atom is 0.241 e. The van der Waals surface area contributed by atoms with Crippen LogP contribution in [0.15, 0.2) is 30.3 Å². The molecule has 0 aromatic heterocycles. The summed E-state index contributed by atoms with van der Waals surface area (Å²) >= 11 is 0. The van der Waals surface area contributed by atoms with Gasteiger partial charge in [-0.3, -0.25) is 4.79 Å². The molecule has 0 spiro atoms. The van der Waals surface area contributed by atoms with Crippen molar-refractivity contribution in [1.29, 1.82) is 0 Å². The summed E-state index contributed by atoms with van der Waals surface area (Å²) in [5, 5.41) is 3.12. The van der Waals surface area contributed by atoms with Crippen LogP contribution in [0.2, 0.25) is 0 Å². The normalized spacial score (nSPS) is 18.6. The van der Waals surface area contributed by atoms with Crippen LogP contribution in [0.25, 0.3) is 0 Å². The second-order valence-corrected chi connectivity index (χ2v) is 4.63. The van der Waals surface area contributed by atoms with Gasteiger partial charge in [-0.1, -0.05) is 18.2 Å². The largest absolute Gasteiger partial charge is 0.376 e. The lowest BCUT2D eigenvalue weighted by molar-refractivity contribution is -0.129. The highest BCUT2D eigenvalue weighted by Gasteiger charge is 2.19. The van der Waals surface area contributed by atoms with Crippen LogP contribution in [0.3, 0.4) is 0 Å².